The Bertz CT molecular complexity index is 1460. The third kappa shape index (κ3) is 5.74. The zero-order valence-corrected chi connectivity index (χ0v) is 23.6. The summed E-state index contributed by atoms with van der Waals surface area (Å²) < 4.78 is 5.22. The average molecular weight is 542 g/mol. The number of esters is 1. The highest BCUT2D eigenvalue weighted by Crippen LogP contribution is 2.41. The standard InChI is InChI=1S/C33H32ClNO4/c1-6-21(2)18-22(3)12-15-27-19-28-29(31(37)33(5,39-23(4)36)32(38)30(28)34)20-35(27)26-16-13-25(14-17-26)24-10-8-7-9-11-24/h7-21H,6H2,1-5H3/b15-12+,22-18+/t21-,33+/m0/s1. The SMILES string of the molecule is CC[C@H](C)/C=C(C)/C=C/C1=CC2=C(Cl)C(=O)[C@](C)(OC(C)=O)C(=O)C2=CN1c1ccc(-c2ccccc2)cc1. The van der Waals surface area contributed by atoms with Crippen LogP contribution in [0, 0.1) is 5.92 Å². The summed E-state index contributed by atoms with van der Waals surface area (Å²) >= 11 is 6.52. The van der Waals surface area contributed by atoms with Crippen LogP contribution in [0.2, 0.25) is 0 Å². The maximum Gasteiger partial charge on any atom is 0.304 e. The molecule has 200 valence electrons. The van der Waals surface area contributed by atoms with Gasteiger partial charge in [0.1, 0.15) is 0 Å². The van der Waals surface area contributed by atoms with Crippen molar-refractivity contribution in [2.75, 3.05) is 4.90 Å². The number of hydrogen-bond acceptors (Lipinski definition) is 5. The highest BCUT2D eigenvalue weighted by Gasteiger charge is 2.52. The van der Waals surface area contributed by atoms with E-state index >= 15 is 0 Å². The summed E-state index contributed by atoms with van der Waals surface area (Å²) in [6.45, 7) is 8.80. The smallest absolute Gasteiger partial charge is 0.304 e. The zero-order chi connectivity index (χ0) is 28.3. The molecule has 39 heavy (non-hydrogen) atoms. The van der Waals surface area contributed by atoms with Crippen LogP contribution in [0.3, 0.4) is 0 Å². The lowest BCUT2D eigenvalue weighted by Gasteiger charge is -2.35. The Balaban J connectivity index is 1.82. The van der Waals surface area contributed by atoms with Crippen LogP contribution in [0.15, 0.2) is 113 Å². The second-order valence-corrected chi connectivity index (χ2v) is 10.4. The number of nitrogens with zero attached hydrogens (tertiary/aromatic N) is 1. The quantitative estimate of drug-likeness (QED) is 0.207. The fourth-order valence-corrected chi connectivity index (χ4v) is 4.98. The number of anilines is 1. The number of benzene rings is 2. The predicted octanol–water partition coefficient (Wildman–Crippen LogP) is 7.46. The Kier molecular flexibility index (Phi) is 8.22. The third-order valence-corrected chi connectivity index (χ3v) is 7.35. The Morgan fingerprint density at radius 1 is 1.03 bits per heavy atom. The molecule has 0 aromatic heterocycles. The Morgan fingerprint density at radius 2 is 1.67 bits per heavy atom. The summed E-state index contributed by atoms with van der Waals surface area (Å²) in [5.74, 6) is -1.64. The van der Waals surface area contributed by atoms with Gasteiger partial charge in [0, 0.05) is 35.7 Å². The fraction of sp³-hybridized carbons (Fsp3) is 0.242. The molecular formula is C33H32ClNO4. The van der Waals surface area contributed by atoms with Gasteiger partial charge in [-0.05, 0) is 55.2 Å². The maximum absolute atomic E-state index is 13.6. The van der Waals surface area contributed by atoms with Crippen molar-refractivity contribution in [3.05, 3.63) is 113 Å². The van der Waals surface area contributed by atoms with Crippen molar-refractivity contribution >= 4 is 34.8 Å². The van der Waals surface area contributed by atoms with Gasteiger partial charge in [0.25, 0.3) is 0 Å². The van der Waals surface area contributed by atoms with Gasteiger partial charge in [-0.25, -0.2) is 0 Å². The summed E-state index contributed by atoms with van der Waals surface area (Å²) in [5.41, 5.74) is 3.30. The summed E-state index contributed by atoms with van der Waals surface area (Å²) in [6.07, 6.45) is 10.6. The Hall–Kier alpha value is -3.96. The third-order valence-electron chi connectivity index (χ3n) is 6.97. The van der Waals surface area contributed by atoms with Gasteiger partial charge in [-0.2, -0.15) is 0 Å². The molecule has 6 heteroatoms. The van der Waals surface area contributed by atoms with Crippen molar-refractivity contribution in [3.8, 4) is 11.1 Å². The molecule has 0 fully saturated rings. The number of ether oxygens (including phenoxy) is 1. The molecule has 1 aliphatic carbocycles. The van der Waals surface area contributed by atoms with Crippen LogP contribution in [-0.2, 0) is 19.1 Å². The molecule has 1 heterocycles. The molecule has 1 aliphatic heterocycles. The second-order valence-electron chi connectivity index (χ2n) is 10.0. The minimum absolute atomic E-state index is 0.138. The van der Waals surface area contributed by atoms with E-state index in [9.17, 15) is 14.4 Å². The van der Waals surface area contributed by atoms with Crippen LogP contribution in [-0.4, -0.2) is 23.1 Å². The molecular weight excluding hydrogens is 510 g/mol. The van der Waals surface area contributed by atoms with Crippen LogP contribution in [0.25, 0.3) is 11.1 Å². The van der Waals surface area contributed by atoms with Gasteiger partial charge in [0.05, 0.1) is 5.03 Å². The predicted molar refractivity (Wildman–Crippen MR) is 156 cm³/mol. The number of halogens is 1. The first kappa shape index (κ1) is 28.1. The van der Waals surface area contributed by atoms with Crippen LogP contribution in [0.5, 0.6) is 0 Å². The van der Waals surface area contributed by atoms with Crippen molar-refractivity contribution in [2.45, 2.75) is 46.6 Å². The van der Waals surface area contributed by atoms with Crippen molar-refractivity contribution in [2.24, 2.45) is 5.92 Å². The van der Waals surface area contributed by atoms with Gasteiger partial charge in [-0.3, -0.25) is 14.4 Å². The van der Waals surface area contributed by atoms with Gasteiger partial charge in [0.2, 0.25) is 17.2 Å². The van der Waals surface area contributed by atoms with Gasteiger partial charge in [0.15, 0.2) is 0 Å². The van der Waals surface area contributed by atoms with Gasteiger partial charge in [-0.15, -0.1) is 0 Å². The van der Waals surface area contributed by atoms with Crippen molar-refractivity contribution in [1.29, 1.82) is 0 Å². The number of Topliss-reactive ketones (excluding diaryl/α,β-unsaturated/α-hetero) is 2. The monoisotopic (exact) mass is 541 g/mol. The summed E-state index contributed by atoms with van der Waals surface area (Å²) in [7, 11) is 0. The number of allylic oxidation sites excluding steroid dienone is 6. The van der Waals surface area contributed by atoms with Gasteiger partial charge in [-0.1, -0.05) is 92.1 Å². The van der Waals surface area contributed by atoms with Crippen molar-refractivity contribution < 1.29 is 19.1 Å². The van der Waals surface area contributed by atoms with Crippen molar-refractivity contribution in [1.82, 2.24) is 0 Å². The highest BCUT2D eigenvalue weighted by atomic mass is 35.5. The van der Waals surface area contributed by atoms with E-state index < -0.39 is 23.1 Å². The molecule has 0 saturated carbocycles. The molecule has 0 spiro atoms. The average Bonchev–Trinajstić information content (AvgIpc) is 2.93. The first-order valence-corrected chi connectivity index (χ1v) is 13.4. The zero-order valence-electron chi connectivity index (χ0n) is 22.8. The van der Waals surface area contributed by atoms with E-state index in [0.717, 1.165) is 41.4 Å². The minimum atomic E-state index is -2.02. The van der Waals surface area contributed by atoms with E-state index in [4.69, 9.17) is 16.3 Å². The van der Waals surface area contributed by atoms with Crippen LogP contribution in [0.1, 0.15) is 41.0 Å². The van der Waals surface area contributed by atoms with E-state index in [1.807, 2.05) is 78.6 Å². The molecule has 0 radical (unpaired) electrons. The lowest BCUT2D eigenvalue weighted by molar-refractivity contribution is -0.167. The van der Waals surface area contributed by atoms with E-state index in [1.165, 1.54) is 6.92 Å². The van der Waals surface area contributed by atoms with Crippen molar-refractivity contribution in [3.63, 3.8) is 0 Å². The van der Waals surface area contributed by atoms with E-state index in [-0.39, 0.29) is 10.6 Å². The normalized spacial score (nSPS) is 20.6. The second kappa shape index (κ2) is 11.4. The summed E-state index contributed by atoms with van der Waals surface area (Å²) in [5, 5.41) is -0.138. The topological polar surface area (TPSA) is 63.7 Å². The molecule has 4 rings (SSSR count). The Morgan fingerprint density at radius 3 is 2.28 bits per heavy atom. The maximum atomic E-state index is 13.6. The fourth-order valence-electron chi connectivity index (χ4n) is 4.64. The van der Waals surface area contributed by atoms with E-state index in [0.29, 0.717) is 11.5 Å². The molecule has 0 N–H and O–H groups in total. The van der Waals surface area contributed by atoms with Crippen LogP contribution < -0.4 is 4.90 Å². The molecule has 2 aliphatic rings. The van der Waals surface area contributed by atoms with Crippen LogP contribution in [0.4, 0.5) is 5.69 Å². The number of carbonyl (C=O) groups is 3. The van der Waals surface area contributed by atoms with E-state index in [1.54, 1.807) is 12.3 Å². The summed E-state index contributed by atoms with van der Waals surface area (Å²) in [4.78, 5) is 40.3. The molecule has 2 atom stereocenters. The number of fused-ring (bicyclic) bond motifs is 1. The minimum Gasteiger partial charge on any atom is -0.443 e. The lowest BCUT2D eigenvalue weighted by Crippen LogP contribution is -2.52. The largest absolute Gasteiger partial charge is 0.443 e. The first-order valence-electron chi connectivity index (χ1n) is 13.0. The molecule has 0 amide bonds. The number of hydrogen-bond donors (Lipinski definition) is 0. The van der Waals surface area contributed by atoms with E-state index in [2.05, 4.69) is 19.9 Å². The molecule has 2 aromatic carbocycles. The molecule has 0 saturated heterocycles. The Labute approximate surface area is 234 Å². The number of carbonyl (C=O) groups excluding carboxylic acids is 3. The highest BCUT2D eigenvalue weighted by molar-refractivity contribution is 6.49. The molecule has 2 aromatic rings. The lowest BCUT2D eigenvalue weighted by atomic mass is 9.79. The van der Waals surface area contributed by atoms with Gasteiger partial charge >= 0.3 is 5.97 Å². The number of rotatable bonds is 7. The summed E-state index contributed by atoms with van der Waals surface area (Å²) in [6, 6.07) is 18.0. The van der Waals surface area contributed by atoms with Gasteiger partial charge < -0.3 is 9.64 Å². The molecule has 0 unspecified atom stereocenters. The number of ketones is 2. The van der Waals surface area contributed by atoms with Crippen LogP contribution >= 0.6 is 11.6 Å². The first-order chi connectivity index (χ1) is 18.5. The molecule has 0 bridgehead atoms. The molecule has 5 nitrogen and oxygen atoms in total.